The molecule has 0 aliphatic heterocycles. The molecule has 3 nitrogen and oxygen atoms in total. The Morgan fingerprint density at radius 3 is 2.24 bits per heavy atom. The summed E-state index contributed by atoms with van der Waals surface area (Å²) in [5.41, 5.74) is 0.792. The highest BCUT2D eigenvalue weighted by molar-refractivity contribution is 6.23. The van der Waals surface area contributed by atoms with Gasteiger partial charge in [-0.25, -0.2) is 0 Å². The molecule has 0 saturated heterocycles. The number of methoxy groups -OCH3 is 1. The van der Waals surface area contributed by atoms with Crippen LogP contribution < -0.4 is 5.32 Å². The second kappa shape index (κ2) is 6.26. The third-order valence-corrected chi connectivity index (χ3v) is 5.14. The molecule has 25 heavy (non-hydrogen) atoms. The molecule has 4 aromatic rings. The lowest BCUT2D eigenvalue weighted by Gasteiger charge is -2.28. The largest absolute Gasteiger partial charge is 0.394 e. The van der Waals surface area contributed by atoms with Crippen LogP contribution in [0.1, 0.15) is 12.5 Å². The van der Waals surface area contributed by atoms with Gasteiger partial charge in [-0.2, -0.15) is 0 Å². The summed E-state index contributed by atoms with van der Waals surface area (Å²) in [4.78, 5) is 0. The molecular weight excluding hydrogens is 310 g/mol. The topological polar surface area (TPSA) is 41.5 Å². The van der Waals surface area contributed by atoms with Crippen molar-refractivity contribution in [2.75, 3.05) is 20.3 Å². The van der Waals surface area contributed by atoms with Gasteiger partial charge in [0.1, 0.15) is 0 Å². The summed E-state index contributed by atoms with van der Waals surface area (Å²) in [6, 6.07) is 19.6. The summed E-state index contributed by atoms with van der Waals surface area (Å²) in [6.45, 7) is 3.17. The summed E-state index contributed by atoms with van der Waals surface area (Å²) in [5, 5.41) is 20.9. The molecule has 0 aliphatic rings. The molecule has 1 unspecified atom stereocenters. The minimum atomic E-state index is -0.446. The van der Waals surface area contributed by atoms with Gasteiger partial charge in [-0.1, -0.05) is 54.6 Å². The fourth-order valence-corrected chi connectivity index (χ4v) is 3.73. The fraction of sp³-hybridized carbons (Fsp3) is 0.273. The first kappa shape index (κ1) is 16.3. The highest BCUT2D eigenvalue weighted by Crippen LogP contribution is 2.35. The van der Waals surface area contributed by atoms with Crippen molar-refractivity contribution in [1.29, 1.82) is 0 Å². The van der Waals surface area contributed by atoms with Gasteiger partial charge in [0.05, 0.1) is 18.8 Å². The van der Waals surface area contributed by atoms with Gasteiger partial charge in [0.25, 0.3) is 0 Å². The molecule has 0 bridgehead atoms. The van der Waals surface area contributed by atoms with Crippen molar-refractivity contribution in [3.63, 3.8) is 0 Å². The van der Waals surface area contributed by atoms with E-state index in [0.717, 1.165) is 0 Å². The molecule has 4 rings (SSSR count). The normalized spacial score (nSPS) is 14.5. The third-order valence-electron chi connectivity index (χ3n) is 5.14. The van der Waals surface area contributed by atoms with Crippen LogP contribution in [-0.4, -0.2) is 31.0 Å². The lowest BCUT2D eigenvalue weighted by Crippen LogP contribution is -2.49. The first-order valence-electron chi connectivity index (χ1n) is 8.65. The first-order chi connectivity index (χ1) is 12.1. The summed E-state index contributed by atoms with van der Waals surface area (Å²) < 4.78 is 5.24. The molecule has 3 heteroatoms. The van der Waals surface area contributed by atoms with Crippen LogP contribution in [0.25, 0.3) is 32.3 Å². The maximum absolute atomic E-state index is 9.69. The van der Waals surface area contributed by atoms with Crippen LogP contribution in [0.15, 0.2) is 54.6 Å². The molecule has 1 atom stereocenters. The van der Waals surface area contributed by atoms with Crippen LogP contribution in [0.2, 0.25) is 0 Å². The van der Waals surface area contributed by atoms with Gasteiger partial charge in [-0.15, -0.1) is 0 Å². The van der Waals surface area contributed by atoms with E-state index < -0.39 is 5.54 Å². The van der Waals surface area contributed by atoms with Gasteiger partial charge in [-0.05, 0) is 44.8 Å². The Balaban J connectivity index is 1.82. The number of aliphatic hydroxyl groups is 1. The lowest BCUT2D eigenvalue weighted by molar-refractivity contribution is 0.0723. The zero-order valence-electron chi connectivity index (χ0n) is 14.7. The number of hydrogen-bond donors (Lipinski definition) is 2. The van der Waals surface area contributed by atoms with E-state index in [-0.39, 0.29) is 6.61 Å². The zero-order chi connectivity index (χ0) is 17.4. The van der Waals surface area contributed by atoms with Gasteiger partial charge >= 0.3 is 0 Å². The van der Waals surface area contributed by atoms with Crippen LogP contribution >= 0.6 is 0 Å². The third kappa shape index (κ3) is 2.74. The van der Waals surface area contributed by atoms with E-state index >= 15 is 0 Å². The van der Waals surface area contributed by atoms with Gasteiger partial charge in [-0.3, -0.25) is 0 Å². The van der Waals surface area contributed by atoms with Crippen LogP contribution in [0.5, 0.6) is 0 Å². The standard InChI is InChI=1S/C22H23NO2/c1-22(13-24,14-25-2)23-12-18-9-8-17-7-6-15-4-3-5-16-10-11-19(18)21(17)20(15)16/h3-11,23-24H,12-14H2,1-2H3. The van der Waals surface area contributed by atoms with Gasteiger partial charge in [0.2, 0.25) is 0 Å². The minimum Gasteiger partial charge on any atom is -0.394 e. The minimum absolute atomic E-state index is 0.0344. The van der Waals surface area contributed by atoms with Gasteiger partial charge in [0.15, 0.2) is 0 Å². The number of aliphatic hydroxyl groups excluding tert-OH is 1. The van der Waals surface area contributed by atoms with E-state index in [0.29, 0.717) is 13.2 Å². The number of ether oxygens (including phenoxy) is 1. The SMILES string of the molecule is COCC(C)(CO)NCc1ccc2ccc3cccc4ccc1c2c34. The van der Waals surface area contributed by atoms with Crippen molar-refractivity contribution in [1.82, 2.24) is 5.32 Å². The fourth-order valence-electron chi connectivity index (χ4n) is 3.73. The van der Waals surface area contributed by atoms with Crippen LogP contribution in [-0.2, 0) is 11.3 Å². The summed E-state index contributed by atoms with van der Waals surface area (Å²) in [7, 11) is 1.66. The predicted octanol–water partition coefficient (Wildman–Crippen LogP) is 4.07. The summed E-state index contributed by atoms with van der Waals surface area (Å²) in [6.07, 6.45) is 0. The van der Waals surface area contributed by atoms with E-state index in [1.54, 1.807) is 7.11 Å². The van der Waals surface area contributed by atoms with Crippen LogP contribution in [0.4, 0.5) is 0 Å². The lowest BCUT2D eigenvalue weighted by atomic mass is 9.91. The smallest absolute Gasteiger partial charge is 0.0664 e. The van der Waals surface area contributed by atoms with E-state index in [1.165, 1.54) is 37.9 Å². The molecule has 0 aromatic heterocycles. The molecule has 0 amide bonds. The number of benzene rings is 4. The Hall–Kier alpha value is -2.20. The van der Waals surface area contributed by atoms with E-state index in [2.05, 4.69) is 59.9 Å². The Bertz CT molecular complexity index is 1010. The maximum Gasteiger partial charge on any atom is 0.0664 e. The maximum atomic E-state index is 9.69. The second-order valence-corrected chi connectivity index (χ2v) is 7.09. The Morgan fingerprint density at radius 1 is 0.920 bits per heavy atom. The van der Waals surface area contributed by atoms with E-state index in [1.807, 2.05) is 6.92 Å². The van der Waals surface area contributed by atoms with Crippen molar-refractivity contribution in [2.45, 2.75) is 19.0 Å². The zero-order valence-corrected chi connectivity index (χ0v) is 14.7. The molecule has 0 radical (unpaired) electrons. The predicted molar refractivity (Wildman–Crippen MR) is 104 cm³/mol. The quantitative estimate of drug-likeness (QED) is 0.523. The van der Waals surface area contributed by atoms with E-state index in [9.17, 15) is 5.11 Å². The molecule has 0 spiro atoms. The summed E-state index contributed by atoms with van der Waals surface area (Å²) >= 11 is 0. The number of nitrogens with one attached hydrogen (secondary N) is 1. The van der Waals surface area contributed by atoms with E-state index in [4.69, 9.17) is 4.74 Å². The monoisotopic (exact) mass is 333 g/mol. The highest BCUT2D eigenvalue weighted by Gasteiger charge is 2.22. The van der Waals surface area contributed by atoms with Crippen LogP contribution in [0.3, 0.4) is 0 Å². The first-order valence-corrected chi connectivity index (χ1v) is 8.65. The molecule has 128 valence electrons. The number of rotatable bonds is 6. The summed E-state index contributed by atoms with van der Waals surface area (Å²) in [5.74, 6) is 0. The highest BCUT2D eigenvalue weighted by atomic mass is 16.5. The van der Waals surface area contributed by atoms with Crippen molar-refractivity contribution in [3.05, 3.63) is 60.2 Å². The van der Waals surface area contributed by atoms with Crippen molar-refractivity contribution in [2.24, 2.45) is 0 Å². The van der Waals surface area contributed by atoms with Crippen molar-refractivity contribution < 1.29 is 9.84 Å². The average Bonchev–Trinajstić information content (AvgIpc) is 2.65. The molecule has 2 N–H and O–H groups in total. The average molecular weight is 333 g/mol. The molecule has 0 heterocycles. The number of hydrogen-bond acceptors (Lipinski definition) is 3. The Labute approximate surface area is 147 Å². The van der Waals surface area contributed by atoms with Gasteiger partial charge < -0.3 is 15.2 Å². The molecule has 4 aromatic carbocycles. The second-order valence-electron chi connectivity index (χ2n) is 7.09. The Kier molecular flexibility index (Phi) is 4.08. The van der Waals surface area contributed by atoms with Crippen LogP contribution in [0, 0.1) is 0 Å². The molecule has 0 aliphatic carbocycles. The molecular formula is C22H23NO2. The molecule has 0 fully saturated rings. The van der Waals surface area contributed by atoms with Crippen molar-refractivity contribution >= 4 is 32.3 Å². The van der Waals surface area contributed by atoms with Crippen molar-refractivity contribution in [3.8, 4) is 0 Å². The Morgan fingerprint density at radius 2 is 1.56 bits per heavy atom. The van der Waals surface area contributed by atoms with Gasteiger partial charge in [0, 0.05) is 13.7 Å². The molecule has 0 saturated carbocycles.